The van der Waals surface area contributed by atoms with Crippen molar-refractivity contribution in [3.8, 4) is 5.75 Å². The maximum Gasteiger partial charge on any atom is 0.251 e. The molecular weight excluding hydrogens is 465 g/mol. The third-order valence-electron chi connectivity index (χ3n) is 7.12. The van der Waals surface area contributed by atoms with E-state index in [0.29, 0.717) is 31.7 Å². The molecule has 0 radical (unpaired) electrons. The van der Waals surface area contributed by atoms with Crippen LogP contribution in [0.2, 0.25) is 0 Å². The first-order chi connectivity index (χ1) is 16.9. The number of benzene rings is 2. The van der Waals surface area contributed by atoms with Gasteiger partial charge in [0.05, 0.1) is 19.3 Å². The number of H-pyrrole nitrogens is 1. The molecule has 2 aliphatic heterocycles. The molecule has 188 valence electrons. The Bertz CT molecular complexity index is 1170. The molecule has 1 fully saturated rings. The Morgan fingerprint density at radius 2 is 1.83 bits per heavy atom. The van der Waals surface area contributed by atoms with Crippen LogP contribution >= 0.6 is 0 Å². The number of fused-ring (bicyclic) bond motifs is 3. The fourth-order valence-electron chi connectivity index (χ4n) is 5.42. The number of hydrogen-bond donors (Lipinski definition) is 1. The highest BCUT2D eigenvalue weighted by molar-refractivity contribution is 5.85. The van der Waals surface area contributed by atoms with Crippen LogP contribution in [0.4, 0.5) is 22.0 Å². The van der Waals surface area contributed by atoms with Gasteiger partial charge in [0.1, 0.15) is 24.0 Å². The number of aromatic amines is 1. The number of hydrogen-bond acceptors (Lipinski definition) is 3. The van der Waals surface area contributed by atoms with Gasteiger partial charge in [-0.05, 0) is 25.0 Å². The number of para-hydroxylation sites is 1. The number of aromatic nitrogens is 1. The predicted molar refractivity (Wildman–Crippen MR) is 124 cm³/mol. The van der Waals surface area contributed by atoms with Crippen LogP contribution in [0.15, 0.2) is 36.4 Å². The van der Waals surface area contributed by atoms with Crippen molar-refractivity contribution in [3.05, 3.63) is 64.9 Å². The molecule has 0 bridgehead atoms. The molecule has 2 aliphatic rings. The summed E-state index contributed by atoms with van der Waals surface area (Å²) in [6.07, 6.45) is -2.16. The maximum atomic E-state index is 15.4. The number of halogens is 5. The van der Waals surface area contributed by atoms with E-state index in [1.54, 1.807) is 6.92 Å². The van der Waals surface area contributed by atoms with Gasteiger partial charge in [0.2, 0.25) is 0 Å². The molecule has 0 aliphatic carbocycles. The third kappa shape index (κ3) is 4.63. The van der Waals surface area contributed by atoms with Crippen molar-refractivity contribution in [1.29, 1.82) is 0 Å². The van der Waals surface area contributed by atoms with E-state index in [4.69, 9.17) is 4.74 Å². The van der Waals surface area contributed by atoms with Crippen LogP contribution in [0.25, 0.3) is 10.9 Å². The molecule has 5 rings (SSSR count). The second kappa shape index (κ2) is 9.78. The highest BCUT2D eigenvalue weighted by Gasteiger charge is 2.39. The van der Waals surface area contributed by atoms with Crippen LogP contribution < -0.4 is 4.74 Å². The lowest BCUT2D eigenvalue weighted by atomic mass is 9.88. The van der Waals surface area contributed by atoms with Gasteiger partial charge in [-0.1, -0.05) is 18.2 Å². The van der Waals surface area contributed by atoms with Gasteiger partial charge in [-0.15, -0.1) is 0 Å². The molecule has 0 amide bonds. The minimum atomic E-state index is -2.65. The van der Waals surface area contributed by atoms with Gasteiger partial charge in [0, 0.05) is 65.9 Å². The molecule has 2 aromatic carbocycles. The molecule has 0 spiro atoms. The van der Waals surface area contributed by atoms with Gasteiger partial charge in [-0.25, -0.2) is 17.6 Å². The molecule has 0 unspecified atom stereocenters. The Morgan fingerprint density at radius 3 is 2.51 bits per heavy atom. The number of nitrogens with one attached hydrogen (secondary N) is 1. The zero-order chi connectivity index (χ0) is 24.7. The highest BCUT2D eigenvalue weighted by Crippen LogP contribution is 2.43. The zero-order valence-corrected chi connectivity index (χ0v) is 19.4. The predicted octanol–water partition coefficient (Wildman–Crippen LogP) is 5.33. The van der Waals surface area contributed by atoms with E-state index < -0.39 is 30.6 Å². The van der Waals surface area contributed by atoms with Crippen molar-refractivity contribution >= 4 is 10.9 Å². The fourth-order valence-corrected chi connectivity index (χ4v) is 5.42. The average molecular weight is 494 g/mol. The lowest BCUT2D eigenvalue weighted by molar-refractivity contribution is 0.0437. The third-order valence-corrected chi connectivity index (χ3v) is 7.12. The summed E-state index contributed by atoms with van der Waals surface area (Å²) in [6, 6.07) is 8.38. The van der Waals surface area contributed by atoms with Crippen molar-refractivity contribution in [2.24, 2.45) is 5.92 Å². The molecule has 1 aromatic heterocycles. The van der Waals surface area contributed by atoms with Crippen molar-refractivity contribution in [2.75, 3.05) is 39.5 Å². The first-order valence-electron chi connectivity index (χ1n) is 11.9. The van der Waals surface area contributed by atoms with Crippen LogP contribution in [-0.2, 0) is 6.42 Å². The smallest absolute Gasteiger partial charge is 0.251 e. The van der Waals surface area contributed by atoms with Crippen molar-refractivity contribution < 1.29 is 26.7 Å². The van der Waals surface area contributed by atoms with Gasteiger partial charge in [-0.2, -0.15) is 0 Å². The van der Waals surface area contributed by atoms with Crippen LogP contribution in [0, 0.1) is 17.6 Å². The summed E-state index contributed by atoms with van der Waals surface area (Å²) in [5.74, 6) is -1.60. The molecule has 1 N–H and O–H groups in total. The quantitative estimate of drug-likeness (QED) is 0.431. The van der Waals surface area contributed by atoms with E-state index in [0.717, 1.165) is 28.6 Å². The van der Waals surface area contributed by atoms with Crippen molar-refractivity contribution in [3.63, 3.8) is 0 Å². The summed E-state index contributed by atoms with van der Waals surface area (Å²) in [5.41, 5.74) is 1.96. The van der Waals surface area contributed by atoms with Gasteiger partial charge < -0.3 is 9.72 Å². The van der Waals surface area contributed by atoms with Crippen molar-refractivity contribution in [1.82, 2.24) is 14.8 Å². The van der Waals surface area contributed by atoms with E-state index >= 15 is 8.78 Å². The monoisotopic (exact) mass is 493 g/mol. The Morgan fingerprint density at radius 1 is 1.11 bits per heavy atom. The van der Waals surface area contributed by atoms with Crippen LogP contribution in [-0.4, -0.2) is 66.7 Å². The van der Waals surface area contributed by atoms with E-state index in [1.807, 2.05) is 29.2 Å². The summed E-state index contributed by atoms with van der Waals surface area (Å²) in [5, 5.41) is 0.929. The van der Waals surface area contributed by atoms with Crippen LogP contribution in [0.5, 0.6) is 5.75 Å². The topological polar surface area (TPSA) is 31.5 Å². The van der Waals surface area contributed by atoms with E-state index in [-0.39, 0.29) is 36.6 Å². The summed E-state index contributed by atoms with van der Waals surface area (Å²) in [6.45, 7) is 2.88. The SMILES string of the molecule is C[C@@H]1Cc2c([nH]c3ccccc23)[C@@H](c2c(F)cc(OCCN3CC(CF)C3)cc2F)N1CC(F)F. The Hall–Kier alpha value is -2.65. The first-order valence-corrected chi connectivity index (χ1v) is 11.9. The highest BCUT2D eigenvalue weighted by atomic mass is 19.3. The molecule has 1 saturated heterocycles. The summed E-state index contributed by atoms with van der Waals surface area (Å²) < 4.78 is 76.1. The molecule has 4 nitrogen and oxygen atoms in total. The molecular formula is C26H28F5N3O. The van der Waals surface area contributed by atoms with E-state index in [1.165, 1.54) is 4.90 Å². The normalized spacial score (nSPS) is 21.5. The van der Waals surface area contributed by atoms with Crippen LogP contribution in [0.3, 0.4) is 0 Å². The molecule has 9 heteroatoms. The minimum absolute atomic E-state index is 0.0347. The number of ether oxygens (including phenoxy) is 1. The largest absolute Gasteiger partial charge is 0.492 e. The second-order valence-corrected chi connectivity index (χ2v) is 9.54. The van der Waals surface area contributed by atoms with E-state index in [2.05, 4.69) is 4.98 Å². The van der Waals surface area contributed by atoms with Crippen molar-refractivity contribution in [2.45, 2.75) is 31.9 Å². The number of alkyl halides is 3. The summed E-state index contributed by atoms with van der Waals surface area (Å²) >= 11 is 0. The standard InChI is InChI=1S/C26H28F5N3O/c1-15-8-19-18-4-2-3-5-22(18)32-25(19)26(34(15)14-23(30)31)24-20(28)9-17(10-21(24)29)35-7-6-33-12-16(11-27)13-33/h2-5,9-10,15-16,23,26,32H,6-8,11-14H2,1H3/t15-,26-/m1/s1. The van der Waals surface area contributed by atoms with Gasteiger partial charge in [0.25, 0.3) is 6.43 Å². The Balaban J connectivity index is 1.45. The number of rotatable bonds is 8. The second-order valence-electron chi connectivity index (χ2n) is 9.54. The molecule has 3 heterocycles. The molecule has 35 heavy (non-hydrogen) atoms. The zero-order valence-electron chi connectivity index (χ0n) is 19.4. The lowest BCUT2D eigenvalue weighted by Crippen LogP contribution is -2.49. The molecule has 0 saturated carbocycles. The summed E-state index contributed by atoms with van der Waals surface area (Å²) in [7, 11) is 0. The maximum absolute atomic E-state index is 15.4. The fraction of sp³-hybridized carbons (Fsp3) is 0.462. The molecule has 2 atom stereocenters. The number of nitrogens with zero attached hydrogens (tertiary/aromatic N) is 2. The summed E-state index contributed by atoms with van der Waals surface area (Å²) in [4.78, 5) is 6.72. The Kier molecular flexibility index (Phi) is 6.72. The average Bonchev–Trinajstić information content (AvgIpc) is 3.14. The van der Waals surface area contributed by atoms with E-state index in [9.17, 15) is 13.2 Å². The first kappa shape index (κ1) is 24.1. The van der Waals surface area contributed by atoms with Gasteiger partial charge in [-0.3, -0.25) is 14.2 Å². The minimum Gasteiger partial charge on any atom is -0.492 e. The number of likely N-dealkylation sites (tertiary alicyclic amines) is 1. The Labute approximate surface area is 200 Å². The van der Waals surface area contributed by atoms with Crippen LogP contribution in [0.1, 0.15) is 29.8 Å². The molecule has 3 aromatic rings. The van der Waals surface area contributed by atoms with Gasteiger partial charge in [0.15, 0.2) is 0 Å². The lowest BCUT2D eigenvalue weighted by Gasteiger charge is -2.41. The van der Waals surface area contributed by atoms with Gasteiger partial charge >= 0.3 is 0 Å².